The summed E-state index contributed by atoms with van der Waals surface area (Å²) in [5, 5.41) is 7.44. The third-order valence-electron chi connectivity index (χ3n) is 5.33. The second-order valence-electron chi connectivity index (χ2n) is 8.93. The van der Waals surface area contributed by atoms with Crippen molar-refractivity contribution in [2.45, 2.75) is 52.2 Å². The molecule has 0 bridgehead atoms. The number of methoxy groups -OCH3 is 1. The predicted molar refractivity (Wildman–Crippen MR) is 118 cm³/mol. The van der Waals surface area contributed by atoms with E-state index in [1.807, 2.05) is 52.0 Å². The molecule has 2 heterocycles. The monoisotopic (exact) mass is 428 g/mol. The van der Waals surface area contributed by atoms with Crippen LogP contribution in [0, 0.1) is 5.92 Å². The van der Waals surface area contributed by atoms with Crippen LogP contribution in [0.2, 0.25) is 0 Å². The Labute approximate surface area is 183 Å². The van der Waals surface area contributed by atoms with E-state index in [4.69, 9.17) is 9.47 Å². The zero-order chi connectivity index (χ0) is 22.6. The number of carbonyl (C=O) groups is 2. The largest absolute Gasteiger partial charge is 0.497 e. The van der Waals surface area contributed by atoms with E-state index in [2.05, 4.69) is 10.4 Å². The fraction of sp³-hybridized carbons (Fsp3) is 0.522. The van der Waals surface area contributed by atoms with Gasteiger partial charge >= 0.3 is 6.09 Å². The van der Waals surface area contributed by atoms with E-state index >= 15 is 0 Å². The van der Waals surface area contributed by atoms with Crippen molar-refractivity contribution >= 4 is 12.0 Å². The topological polar surface area (TPSA) is 85.7 Å². The molecule has 168 valence electrons. The number of carbonyl (C=O) groups excluding carboxylic acids is 2. The highest BCUT2D eigenvalue weighted by molar-refractivity contribution is 5.92. The van der Waals surface area contributed by atoms with E-state index < -0.39 is 5.60 Å². The van der Waals surface area contributed by atoms with Crippen LogP contribution in [0.15, 0.2) is 36.5 Å². The fourth-order valence-electron chi connectivity index (χ4n) is 3.63. The molecular weight excluding hydrogens is 396 g/mol. The molecule has 0 saturated carbocycles. The summed E-state index contributed by atoms with van der Waals surface area (Å²) in [6, 6.07) is 9.05. The fourth-order valence-corrected chi connectivity index (χ4v) is 3.63. The number of hydrogen-bond donors (Lipinski definition) is 1. The van der Waals surface area contributed by atoms with Crippen molar-refractivity contribution in [3.8, 4) is 11.4 Å². The molecule has 0 unspecified atom stereocenters. The number of aromatic nitrogens is 2. The van der Waals surface area contributed by atoms with E-state index in [0.717, 1.165) is 24.3 Å². The minimum absolute atomic E-state index is 0.0936. The smallest absolute Gasteiger partial charge is 0.410 e. The number of benzene rings is 1. The Morgan fingerprint density at radius 3 is 2.55 bits per heavy atom. The normalized spacial score (nSPS) is 17.7. The van der Waals surface area contributed by atoms with Gasteiger partial charge in [-0.05, 0) is 76.8 Å². The third-order valence-corrected chi connectivity index (χ3v) is 5.33. The number of likely N-dealkylation sites (tertiary alicyclic amines) is 1. The third kappa shape index (κ3) is 5.99. The van der Waals surface area contributed by atoms with Crippen LogP contribution in [0.25, 0.3) is 5.69 Å². The van der Waals surface area contributed by atoms with Crippen LogP contribution in [-0.2, 0) is 4.74 Å². The highest BCUT2D eigenvalue weighted by Crippen LogP contribution is 2.22. The Morgan fingerprint density at radius 2 is 1.90 bits per heavy atom. The van der Waals surface area contributed by atoms with Crippen LogP contribution < -0.4 is 10.1 Å². The van der Waals surface area contributed by atoms with Crippen LogP contribution in [0.4, 0.5) is 4.79 Å². The average Bonchev–Trinajstić information content (AvgIpc) is 3.23. The maximum absolute atomic E-state index is 12.7. The highest BCUT2D eigenvalue weighted by atomic mass is 16.6. The summed E-state index contributed by atoms with van der Waals surface area (Å²) in [5.74, 6) is 0.693. The molecule has 1 aromatic heterocycles. The van der Waals surface area contributed by atoms with Gasteiger partial charge in [-0.2, -0.15) is 5.10 Å². The Morgan fingerprint density at radius 1 is 1.19 bits per heavy atom. The minimum Gasteiger partial charge on any atom is -0.497 e. The molecule has 2 amide bonds. The standard InChI is InChI=1S/C23H32N4O4/c1-16(17-7-6-13-26(15-17)22(29)31-23(2,3)4)24-21(28)20-12-14-27(25-20)18-8-10-19(30-5)11-9-18/h8-12,14,16-17H,6-7,13,15H2,1-5H3,(H,24,28)/t16-,17-/m1/s1. The number of amides is 2. The van der Waals surface area contributed by atoms with Crippen LogP contribution in [0.1, 0.15) is 51.0 Å². The summed E-state index contributed by atoms with van der Waals surface area (Å²) in [5.41, 5.74) is 0.669. The zero-order valence-corrected chi connectivity index (χ0v) is 18.9. The molecule has 2 atom stereocenters. The van der Waals surface area contributed by atoms with Gasteiger partial charge in [-0.3, -0.25) is 4.79 Å². The predicted octanol–water partition coefficient (Wildman–Crippen LogP) is 3.65. The molecule has 1 aliphatic heterocycles. The number of nitrogens with one attached hydrogen (secondary N) is 1. The van der Waals surface area contributed by atoms with Crippen molar-refractivity contribution in [2.75, 3.05) is 20.2 Å². The van der Waals surface area contributed by atoms with E-state index in [1.165, 1.54) is 0 Å². The van der Waals surface area contributed by atoms with Gasteiger partial charge in [0.05, 0.1) is 12.8 Å². The second-order valence-corrected chi connectivity index (χ2v) is 8.93. The van der Waals surface area contributed by atoms with E-state index in [0.29, 0.717) is 18.8 Å². The molecular formula is C23H32N4O4. The molecule has 1 aromatic carbocycles. The summed E-state index contributed by atoms with van der Waals surface area (Å²) in [4.78, 5) is 26.9. The number of piperidine rings is 1. The van der Waals surface area contributed by atoms with Gasteiger partial charge in [0.15, 0.2) is 5.69 Å². The molecule has 0 aliphatic carbocycles. The van der Waals surface area contributed by atoms with Gasteiger partial charge in [0.1, 0.15) is 11.4 Å². The minimum atomic E-state index is -0.521. The molecule has 0 radical (unpaired) electrons. The molecule has 1 aliphatic rings. The second kappa shape index (κ2) is 9.41. The molecule has 1 N–H and O–H groups in total. The van der Waals surface area contributed by atoms with Crippen molar-refractivity contribution in [1.29, 1.82) is 0 Å². The van der Waals surface area contributed by atoms with Gasteiger partial charge in [0.2, 0.25) is 0 Å². The summed E-state index contributed by atoms with van der Waals surface area (Å²) in [6.45, 7) is 8.80. The molecule has 1 saturated heterocycles. The Kier molecular flexibility index (Phi) is 6.87. The van der Waals surface area contributed by atoms with Gasteiger partial charge in [-0.25, -0.2) is 9.48 Å². The van der Waals surface area contributed by atoms with Crippen LogP contribution in [0.3, 0.4) is 0 Å². The maximum Gasteiger partial charge on any atom is 0.410 e. The SMILES string of the molecule is COc1ccc(-n2ccc(C(=O)N[C@H](C)[C@@H]3CCCN(C(=O)OC(C)(C)C)C3)n2)cc1. The first-order chi connectivity index (χ1) is 14.7. The van der Waals surface area contributed by atoms with Crippen molar-refractivity contribution in [3.05, 3.63) is 42.2 Å². The van der Waals surface area contributed by atoms with Crippen LogP contribution in [-0.4, -0.2) is 58.5 Å². The zero-order valence-electron chi connectivity index (χ0n) is 18.9. The van der Waals surface area contributed by atoms with E-state index in [9.17, 15) is 9.59 Å². The Bertz CT molecular complexity index is 901. The number of nitrogens with zero attached hydrogens (tertiary/aromatic N) is 3. The first kappa shape index (κ1) is 22.7. The lowest BCUT2D eigenvalue weighted by atomic mass is 9.91. The van der Waals surface area contributed by atoms with Crippen molar-refractivity contribution in [3.63, 3.8) is 0 Å². The van der Waals surface area contributed by atoms with Crippen molar-refractivity contribution in [2.24, 2.45) is 5.92 Å². The highest BCUT2D eigenvalue weighted by Gasteiger charge is 2.31. The lowest BCUT2D eigenvalue weighted by Gasteiger charge is -2.36. The van der Waals surface area contributed by atoms with E-state index in [1.54, 1.807) is 29.0 Å². The maximum atomic E-state index is 12.7. The summed E-state index contributed by atoms with van der Waals surface area (Å²) in [6.07, 6.45) is 3.29. The van der Waals surface area contributed by atoms with Gasteiger partial charge in [0.25, 0.3) is 5.91 Å². The summed E-state index contributed by atoms with van der Waals surface area (Å²) < 4.78 is 12.3. The molecule has 8 heteroatoms. The molecule has 8 nitrogen and oxygen atoms in total. The first-order valence-corrected chi connectivity index (χ1v) is 10.6. The van der Waals surface area contributed by atoms with Crippen molar-refractivity contribution in [1.82, 2.24) is 20.0 Å². The van der Waals surface area contributed by atoms with Crippen LogP contribution >= 0.6 is 0 Å². The summed E-state index contributed by atoms with van der Waals surface area (Å²) in [7, 11) is 1.62. The Hall–Kier alpha value is -3.03. The number of rotatable bonds is 5. The molecule has 3 rings (SSSR count). The summed E-state index contributed by atoms with van der Waals surface area (Å²) >= 11 is 0. The van der Waals surface area contributed by atoms with Crippen LogP contribution in [0.5, 0.6) is 5.75 Å². The quantitative estimate of drug-likeness (QED) is 0.786. The van der Waals surface area contributed by atoms with E-state index in [-0.39, 0.29) is 24.0 Å². The van der Waals surface area contributed by atoms with Gasteiger partial charge in [-0.1, -0.05) is 0 Å². The average molecular weight is 429 g/mol. The Balaban J connectivity index is 1.58. The lowest BCUT2D eigenvalue weighted by molar-refractivity contribution is 0.0150. The first-order valence-electron chi connectivity index (χ1n) is 10.6. The van der Waals surface area contributed by atoms with Gasteiger partial charge in [-0.15, -0.1) is 0 Å². The lowest BCUT2D eigenvalue weighted by Crippen LogP contribution is -2.49. The molecule has 31 heavy (non-hydrogen) atoms. The van der Waals surface area contributed by atoms with Gasteiger partial charge < -0.3 is 19.7 Å². The molecule has 2 aromatic rings. The van der Waals surface area contributed by atoms with Crippen molar-refractivity contribution < 1.29 is 19.1 Å². The van der Waals surface area contributed by atoms with Gasteiger partial charge in [0, 0.05) is 25.3 Å². The number of hydrogen-bond acceptors (Lipinski definition) is 5. The molecule has 1 fully saturated rings. The molecule has 0 spiro atoms. The number of ether oxygens (including phenoxy) is 2.